The standard InChI is InChI=1S/C13H18F3NO3S/c1-3-13(4-2,8-18)7-17-21(19,20)12-10(15)5-9(14)6-11(12)16/h5-6,17-18H,3-4,7-8H2,1-2H3. The lowest BCUT2D eigenvalue weighted by Gasteiger charge is -2.29. The maximum Gasteiger partial charge on any atom is 0.246 e. The molecule has 120 valence electrons. The first-order chi connectivity index (χ1) is 9.71. The molecule has 0 aliphatic rings. The highest BCUT2D eigenvalue weighted by Crippen LogP contribution is 2.26. The van der Waals surface area contributed by atoms with Crippen LogP contribution in [0.25, 0.3) is 0 Å². The van der Waals surface area contributed by atoms with Crippen molar-refractivity contribution in [2.75, 3.05) is 13.2 Å². The highest BCUT2D eigenvalue weighted by Gasteiger charge is 2.30. The van der Waals surface area contributed by atoms with Gasteiger partial charge in [0.05, 0.1) is 0 Å². The number of hydrogen-bond acceptors (Lipinski definition) is 3. The van der Waals surface area contributed by atoms with E-state index in [0.717, 1.165) is 0 Å². The summed E-state index contributed by atoms with van der Waals surface area (Å²) in [6, 6.07) is 0.604. The van der Waals surface area contributed by atoms with Crippen molar-refractivity contribution in [1.82, 2.24) is 4.72 Å². The van der Waals surface area contributed by atoms with Crippen LogP contribution in [0.2, 0.25) is 0 Å². The van der Waals surface area contributed by atoms with E-state index in [1.54, 1.807) is 13.8 Å². The molecule has 0 saturated carbocycles. The van der Waals surface area contributed by atoms with Crippen molar-refractivity contribution in [3.05, 3.63) is 29.6 Å². The summed E-state index contributed by atoms with van der Waals surface area (Å²) in [4.78, 5) is -1.22. The molecule has 0 bridgehead atoms. The quantitative estimate of drug-likeness (QED) is 0.807. The zero-order valence-corrected chi connectivity index (χ0v) is 12.6. The Labute approximate surface area is 122 Å². The largest absolute Gasteiger partial charge is 0.396 e. The summed E-state index contributed by atoms with van der Waals surface area (Å²) >= 11 is 0. The lowest BCUT2D eigenvalue weighted by Crippen LogP contribution is -2.39. The van der Waals surface area contributed by atoms with E-state index in [2.05, 4.69) is 4.72 Å². The highest BCUT2D eigenvalue weighted by atomic mass is 32.2. The van der Waals surface area contributed by atoms with Crippen molar-refractivity contribution in [3.8, 4) is 0 Å². The predicted octanol–water partition coefficient (Wildman–Crippen LogP) is 2.18. The van der Waals surface area contributed by atoms with Crippen LogP contribution in [0.3, 0.4) is 0 Å². The topological polar surface area (TPSA) is 66.4 Å². The Bertz CT molecular complexity index is 569. The number of hydrogen-bond donors (Lipinski definition) is 2. The monoisotopic (exact) mass is 325 g/mol. The summed E-state index contributed by atoms with van der Waals surface area (Å²) < 4.78 is 65.9. The van der Waals surface area contributed by atoms with E-state index in [1.807, 2.05) is 0 Å². The number of aliphatic hydroxyl groups is 1. The van der Waals surface area contributed by atoms with E-state index in [0.29, 0.717) is 25.0 Å². The summed E-state index contributed by atoms with van der Waals surface area (Å²) in [6.07, 6.45) is 0.966. The van der Waals surface area contributed by atoms with Gasteiger partial charge in [0.2, 0.25) is 10.0 Å². The molecule has 0 aliphatic carbocycles. The van der Waals surface area contributed by atoms with E-state index in [-0.39, 0.29) is 13.2 Å². The maximum absolute atomic E-state index is 13.5. The van der Waals surface area contributed by atoms with Crippen molar-refractivity contribution in [2.24, 2.45) is 5.41 Å². The van der Waals surface area contributed by atoms with Crippen LogP contribution in [0.5, 0.6) is 0 Å². The van der Waals surface area contributed by atoms with Crippen LogP contribution in [0.1, 0.15) is 26.7 Å². The Morgan fingerprint density at radius 3 is 2.00 bits per heavy atom. The fourth-order valence-corrected chi connectivity index (χ4v) is 3.16. The molecule has 2 N–H and O–H groups in total. The Morgan fingerprint density at radius 1 is 1.14 bits per heavy atom. The van der Waals surface area contributed by atoms with E-state index < -0.39 is 37.8 Å². The summed E-state index contributed by atoms with van der Waals surface area (Å²) in [7, 11) is -4.48. The van der Waals surface area contributed by atoms with Crippen LogP contribution in [-0.2, 0) is 10.0 Å². The number of aliphatic hydroxyl groups excluding tert-OH is 1. The van der Waals surface area contributed by atoms with Gasteiger partial charge in [0.15, 0.2) is 4.90 Å². The third kappa shape index (κ3) is 3.96. The average molecular weight is 325 g/mol. The number of halogens is 3. The lowest BCUT2D eigenvalue weighted by molar-refractivity contribution is 0.119. The van der Waals surface area contributed by atoms with Crippen LogP contribution in [0.15, 0.2) is 17.0 Å². The van der Waals surface area contributed by atoms with Crippen LogP contribution in [-0.4, -0.2) is 26.7 Å². The van der Waals surface area contributed by atoms with Gasteiger partial charge in [0.25, 0.3) is 0 Å². The van der Waals surface area contributed by atoms with E-state index in [4.69, 9.17) is 0 Å². The van der Waals surface area contributed by atoms with Crippen LogP contribution in [0, 0.1) is 22.9 Å². The van der Waals surface area contributed by atoms with Gasteiger partial charge in [-0.1, -0.05) is 13.8 Å². The first-order valence-corrected chi connectivity index (χ1v) is 7.94. The number of sulfonamides is 1. The van der Waals surface area contributed by atoms with E-state index in [1.165, 1.54) is 0 Å². The molecule has 0 aromatic heterocycles. The second-order valence-corrected chi connectivity index (χ2v) is 6.59. The molecule has 0 saturated heterocycles. The first kappa shape index (κ1) is 17.9. The molecule has 0 radical (unpaired) electrons. The minimum absolute atomic E-state index is 0.172. The Hall–Kier alpha value is -1.12. The van der Waals surface area contributed by atoms with Crippen LogP contribution < -0.4 is 4.72 Å². The fourth-order valence-electron chi connectivity index (χ4n) is 1.89. The average Bonchev–Trinajstić information content (AvgIpc) is 2.39. The second kappa shape index (κ2) is 6.76. The van der Waals surface area contributed by atoms with Gasteiger partial charge in [-0.2, -0.15) is 0 Å². The summed E-state index contributed by atoms with van der Waals surface area (Å²) in [5, 5.41) is 9.36. The van der Waals surface area contributed by atoms with Crippen molar-refractivity contribution in [3.63, 3.8) is 0 Å². The van der Waals surface area contributed by atoms with Gasteiger partial charge in [0.1, 0.15) is 17.5 Å². The zero-order chi connectivity index (χ0) is 16.3. The molecule has 8 heteroatoms. The highest BCUT2D eigenvalue weighted by molar-refractivity contribution is 7.89. The molecule has 1 aromatic rings. The van der Waals surface area contributed by atoms with Crippen LogP contribution in [0.4, 0.5) is 13.2 Å². The molecule has 1 aromatic carbocycles. The van der Waals surface area contributed by atoms with Crippen molar-refractivity contribution < 1.29 is 26.7 Å². The summed E-state index contributed by atoms with van der Waals surface area (Å²) in [5.74, 6) is -4.19. The number of rotatable bonds is 7. The van der Waals surface area contributed by atoms with E-state index >= 15 is 0 Å². The normalized spacial score (nSPS) is 12.7. The Balaban J connectivity index is 3.09. The third-order valence-electron chi connectivity index (χ3n) is 3.70. The first-order valence-electron chi connectivity index (χ1n) is 6.46. The second-order valence-electron chi connectivity index (χ2n) is 4.89. The third-order valence-corrected chi connectivity index (χ3v) is 5.16. The van der Waals surface area contributed by atoms with Crippen molar-refractivity contribution in [1.29, 1.82) is 0 Å². The molecule has 0 heterocycles. The minimum Gasteiger partial charge on any atom is -0.396 e. The summed E-state index contributed by atoms with van der Waals surface area (Å²) in [6.45, 7) is 3.10. The minimum atomic E-state index is -4.48. The molecular formula is C13H18F3NO3S. The molecule has 0 atom stereocenters. The molecule has 1 rings (SSSR count). The fraction of sp³-hybridized carbons (Fsp3) is 0.538. The lowest BCUT2D eigenvalue weighted by atomic mass is 9.84. The molecule has 0 unspecified atom stereocenters. The molecule has 0 spiro atoms. The molecule has 0 amide bonds. The van der Waals surface area contributed by atoms with Gasteiger partial charge in [-0.05, 0) is 12.8 Å². The van der Waals surface area contributed by atoms with Crippen molar-refractivity contribution in [2.45, 2.75) is 31.6 Å². The number of nitrogens with one attached hydrogen (secondary N) is 1. The van der Waals surface area contributed by atoms with Gasteiger partial charge in [-0.25, -0.2) is 26.3 Å². The molecule has 0 fully saturated rings. The van der Waals surface area contributed by atoms with Crippen LogP contribution >= 0.6 is 0 Å². The number of benzene rings is 1. The molecule has 4 nitrogen and oxygen atoms in total. The summed E-state index contributed by atoms with van der Waals surface area (Å²) in [5.41, 5.74) is -0.708. The Kier molecular flexibility index (Phi) is 5.77. The van der Waals surface area contributed by atoms with Gasteiger partial charge in [-0.15, -0.1) is 0 Å². The smallest absolute Gasteiger partial charge is 0.246 e. The predicted molar refractivity (Wildman–Crippen MR) is 71.6 cm³/mol. The Morgan fingerprint density at radius 2 is 1.62 bits per heavy atom. The SMILES string of the molecule is CCC(CC)(CO)CNS(=O)(=O)c1c(F)cc(F)cc1F. The molecule has 0 aliphatic heterocycles. The van der Waals surface area contributed by atoms with Crippen molar-refractivity contribution >= 4 is 10.0 Å². The van der Waals surface area contributed by atoms with E-state index in [9.17, 15) is 26.7 Å². The molecular weight excluding hydrogens is 307 g/mol. The molecule has 21 heavy (non-hydrogen) atoms. The van der Waals surface area contributed by atoms with Gasteiger partial charge in [0, 0.05) is 30.7 Å². The maximum atomic E-state index is 13.5. The van der Waals surface area contributed by atoms with Gasteiger partial charge >= 0.3 is 0 Å². The van der Waals surface area contributed by atoms with Gasteiger partial charge < -0.3 is 5.11 Å². The van der Waals surface area contributed by atoms with Gasteiger partial charge in [-0.3, -0.25) is 0 Å². The zero-order valence-electron chi connectivity index (χ0n) is 11.8.